The zero-order valence-electron chi connectivity index (χ0n) is 16.7. The molecule has 4 rings (SSSR count). The van der Waals surface area contributed by atoms with E-state index in [1.807, 2.05) is 31.2 Å². The van der Waals surface area contributed by atoms with Crippen LogP contribution in [-0.4, -0.2) is 46.3 Å². The molecule has 1 saturated heterocycles. The van der Waals surface area contributed by atoms with Gasteiger partial charge in [0.2, 0.25) is 10.0 Å². The quantitative estimate of drug-likeness (QED) is 0.654. The fourth-order valence-electron chi connectivity index (χ4n) is 3.42. The van der Waals surface area contributed by atoms with Gasteiger partial charge < -0.3 is 5.32 Å². The first-order valence-corrected chi connectivity index (χ1v) is 11.2. The summed E-state index contributed by atoms with van der Waals surface area (Å²) in [7, 11) is -3.50. The van der Waals surface area contributed by atoms with Crippen LogP contribution in [0.3, 0.4) is 0 Å². The van der Waals surface area contributed by atoms with Crippen molar-refractivity contribution in [2.75, 3.05) is 13.1 Å². The molecule has 1 aliphatic rings. The fraction of sp³-hybridized carbons (Fsp3) is 0.286. The largest absolute Gasteiger partial charge is 0.347 e. The Bertz CT molecular complexity index is 1150. The summed E-state index contributed by atoms with van der Waals surface area (Å²) >= 11 is 0. The average molecular weight is 426 g/mol. The van der Waals surface area contributed by atoms with E-state index < -0.39 is 10.0 Å². The molecule has 1 N–H and O–H groups in total. The molecule has 2 aromatic heterocycles. The van der Waals surface area contributed by atoms with Crippen LogP contribution in [0.4, 0.5) is 0 Å². The van der Waals surface area contributed by atoms with Gasteiger partial charge in [0.25, 0.3) is 5.91 Å². The number of imidazole rings is 1. The summed E-state index contributed by atoms with van der Waals surface area (Å²) in [5.74, 6) is 0.198. The van der Waals surface area contributed by atoms with Gasteiger partial charge in [-0.2, -0.15) is 4.31 Å². The number of amides is 1. The smallest absolute Gasteiger partial charge is 0.271 e. The van der Waals surface area contributed by atoms with E-state index >= 15 is 0 Å². The Morgan fingerprint density at radius 1 is 1.13 bits per heavy atom. The summed E-state index contributed by atoms with van der Waals surface area (Å²) in [4.78, 5) is 20.9. The van der Waals surface area contributed by atoms with Crippen LogP contribution in [-0.2, 0) is 16.6 Å². The molecule has 156 valence electrons. The summed E-state index contributed by atoms with van der Waals surface area (Å²) < 4.78 is 28.3. The minimum absolute atomic E-state index is 0.171. The number of aryl methyl sites for hydroxylation is 1. The lowest BCUT2D eigenvalue weighted by Crippen LogP contribution is -2.27. The number of aromatic nitrogens is 3. The lowest BCUT2D eigenvalue weighted by Gasteiger charge is -2.15. The fourth-order valence-corrected chi connectivity index (χ4v) is 4.88. The number of carbonyl (C=O) groups excluding carboxylic acids is 1. The van der Waals surface area contributed by atoms with E-state index in [9.17, 15) is 13.2 Å². The highest BCUT2D eigenvalue weighted by Gasteiger charge is 2.27. The van der Waals surface area contributed by atoms with E-state index in [2.05, 4.69) is 15.3 Å². The van der Waals surface area contributed by atoms with E-state index in [1.165, 1.54) is 22.9 Å². The van der Waals surface area contributed by atoms with Crippen molar-refractivity contribution in [2.24, 2.45) is 0 Å². The van der Waals surface area contributed by atoms with Crippen LogP contribution in [0.5, 0.6) is 0 Å². The van der Waals surface area contributed by atoms with Gasteiger partial charge >= 0.3 is 0 Å². The molecule has 0 unspecified atom stereocenters. The molecule has 0 spiro atoms. The Morgan fingerprint density at radius 2 is 1.93 bits per heavy atom. The molecule has 0 radical (unpaired) electrons. The Kier molecular flexibility index (Phi) is 5.65. The monoisotopic (exact) mass is 425 g/mol. The van der Waals surface area contributed by atoms with Crippen LogP contribution in [0.15, 0.2) is 60.0 Å². The van der Waals surface area contributed by atoms with Gasteiger partial charge in [-0.3, -0.25) is 9.36 Å². The minimum Gasteiger partial charge on any atom is -0.347 e. The Hall–Kier alpha value is -3.04. The zero-order chi connectivity index (χ0) is 21.1. The highest BCUT2D eigenvalue weighted by atomic mass is 32.2. The third kappa shape index (κ3) is 4.27. The van der Waals surface area contributed by atoms with Crippen molar-refractivity contribution in [3.8, 4) is 5.82 Å². The third-order valence-electron chi connectivity index (χ3n) is 5.04. The molecule has 1 fully saturated rings. The molecule has 8 nitrogen and oxygen atoms in total. The molecular formula is C21H23N5O3S. The molecule has 1 aliphatic heterocycles. The molecule has 0 atom stereocenters. The SMILES string of the molecule is Cc1cccc(CNC(=O)c2cn(-c3ccc(S(=O)(=O)N4CCCC4)cn3)cn2)c1. The first-order chi connectivity index (χ1) is 14.4. The van der Waals surface area contributed by atoms with Gasteiger partial charge in [0, 0.05) is 32.0 Å². The van der Waals surface area contributed by atoms with Crippen molar-refractivity contribution in [1.29, 1.82) is 0 Å². The molecular weight excluding hydrogens is 402 g/mol. The molecule has 0 aliphatic carbocycles. The average Bonchev–Trinajstić information content (AvgIpc) is 3.45. The zero-order valence-corrected chi connectivity index (χ0v) is 17.5. The Labute approximate surface area is 175 Å². The summed E-state index contributed by atoms with van der Waals surface area (Å²) in [6.45, 7) is 3.51. The van der Waals surface area contributed by atoms with Gasteiger partial charge in [-0.15, -0.1) is 0 Å². The van der Waals surface area contributed by atoms with Crippen LogP contribution in [0.25, 0.3) is 5.82 Å². The van der Waals surface area contributed by atoms with E-state index in [0.717, 1.165) is 24.0 Å². The van der Waals surface area contributed by atoms with Gasteiger partial charge in [-0.1, -0.05) is 29.8 Å². The number of rotatable bonds is 6. The van der Waals surface area contributed by atoms with Gasteiger partial charge in [0.15, 0.2) is 0 Å². The van der Waals surface area contributed by atoms with Gasteiger partial charge in [0.1, 0.15) is 22.7 Å². The lowest BCUT2D eigenvalue weighted by atomic mass is 10.1. The number of nitrogens with zero attached hydrogens (tertiary/aromatic N) is 4. The molecule has 1 aromatic carbocycles. The molecule has 0 bridgehead atoms. The standard InChI is InChI=1S/C21H23N5O3S/c1-16-5-4-6-17(11-16)12-23-21(27)19-14-25(15-24-19)20-8-7-18(13-22-20)30(28,29)26-9-2-3-10-26/h4-8,11,13-15H,2-3,9-10,12H2,1H3,(H,23,27). The maximum absolute atomic E-state index is 12.6. The van der Waals surface area contributed by atoms with Crippen molar-refractivity contribution < 1.29 is 13.2 Å². The Balaban J connectivity index is 1.44. The van der Waals surface area contributed by atoms with Crippen LogP contribution in [0.1, 0.15) is 34.5 Å². The number of sulfonamides is 1. The first-order valence-electron chi connectivity index (χ1n) is 9.78. The van der Waals surface area contributed by atoms with Crippen molar-refractivity contribution in [1.82, 2.24) is 24.2 Å². The van der Waals surface area contributed by atoms with Crippen molar-refractivity contribution in [3.63, 3.8) is 0 Å². The number of carbonyl (C=O) groups is 1. The predicted octanol–water partition coefficient (Wildman–Crippen LogP) is 2.29. The molecule has 3 heterocycles. The number of hydrogen-bond donors (Lipinski definition) is 1. The number of hydrogen-bond acceptors (Lipinski definition) is 5. The summed E-state index contributed by atoms with van der Waals surface area (Å²) in [5.41, 5.74) is 2.41. The summed E-state index contributed by atoms with van der Waals surface area (Å²) in [5, 5.41) is 2.85. The number of benzene rings is 1. The Morgan fingerprint density at radius 3 is 2.63 bits per heavy atom. The second-order valence-electron chi connectivity index (χ2n) is 7.30. The van der Waals surface area contributed by atoms with E-state index in [1.54, 1.807) is 16.8 Å². The van der Waals surface area contributed by atoms with Crippen LogP contribution in [0.2, 0.25) is 0 Å². The van der Waals surface area contributed by atoms with Crippen LogP contribution >= 0.6 is 0 Å². The highest BCUT2D eigenvalue weighted by Crippen LogP contribution is 2.20. The summed E-state index contributed by atoms with van der Waals surface area (Å²) in [6, 6.07) is 11.1. The molecule has 3 aromatic rings. The van der Waals surface area contributed by atoms with Crippen molar-refractivity contribution in [2.45, 2.75) is 31.2 Å². The van der Waals surface area contributed by atoms with Crippen LogP contribution in [0, 0.1) is 6.92 Å². The van der Waals surface area contributed by atoms with Gasteiger partial charge in [-0.05, 0) is 37.5 Å². The number of pyridine rings is 1. The third-order valence-corrected chi connectivity index (χ3v) is 6.92. The lowest BCUT2D eigenvalue weighted by molar-refractivity contribution is 0.0946. The van der Waals surface area contributed by atoms with E-state index in [4.69, 9.17) is 0 Å². The van der Waals surface area contributed by atoms with Crippen molar-refractivity contribution in [3.05, 3.63) is 71.9 Å². The first kappa shape index (κ1) is 20.2. The minimum atomic E-state index is -3.50. The molecule has 30 heavy (non-hydrogen) atoms. The second kappa shape index (κ2) is 8.37. The van der Waals surface area contributed by atoms with E-state index in [-0.39, 0.29) is 16.5 Å². The molecule has 0 saturated carbocycles. The maximum atomic E-state index is 12.6. The second-order valence-corrected chi connectivity index (χ2v) is 9.24. The van der Waals surface area contributed by atoms with Crippen LogP contribution < -0.4 is 5.32 Å². The molecule has 1 amide bonds. The van der Waals surface area contributed by atoms with Gasteiger partial charge in [-0.25, -0.2) is 18.4 Å². The van der Waals surface area contributed by atoms with Crippen molar-refractivity contribution >= 4 is 15.9 Å². The number of nitrogens with one attached hydrogen (secondary N) is 1. The topological polar surface area (TPSA) is 97.2 Å². The highest BCUT2D eigenvalue weighted by molar-refractivity contribution is 7.89. The summed E-state index contributed by atoms with van der Waals surface area (Å²) in [6.07, 6.45) is 6.17. The predicted molar refractivity (Wildman–Crippen MR) is 112 cm³/mol. The maximum Gasteiger partial charge on any atom is 0.271 e. The van der Waals surface area contributed by atoms with E-state index in [0.29, 0.717) is 25.5 Å². The van der Waals surface area contributed by atoms with Gasteiger partial charge in [0.05, 0.1) is 0 Å². The molecule has 9 heteroatoms. The normalized spacial score (nSPS) is 14.7.